The van der Waals surface area contributed by atoms with Gasteiger partial charge in [0.1, 0.15) is 16.5 Å². The lowest BCUT2D eigenvalue weighted by molar-refractivity contribution is 0.0335. The molecule has 5 N–H and O–H groups in total. The third-order valence-corrected chi connectivity index (χ3v) is 8.87. The van der Waals surface area contributed by atoms with Gasteiger partial charge in [-0.25, -0.2) is 15.0 Å². The monoisotopic (exact) mass is 490 g/mol. The van der Waals surface area contributed by atoms with Gasteiger partial charge >= 0.3 is 0 Å². The number of pyridine rings is 1. The number of nitrogen functional groups attached to an aromatic ring is 1. The van der Waals surface area contributed by atoms with E-state index in [0.717, 1.165) is 55.2 Å². The van der Waals surface area contributed by atoms with Gasteiger partial charge in [-0.15, -0.1) is 0 Å². The molecule has 3 fully saturated rings. The van der Waals surface area contributed by atoms with Crippen molar-refractivity contribution < 1.29 is 9.84 Å². The third-order valence-electron chi connectivity index (χ3n) is 7.22. The molecule has 3 heterocycles. The number of aliphatic hydroxyl groups is 1. The van der Waals surface area contributed by atoms with Crippen molar-refractivity contribution >= 4 is 35.0 Å². The Morgan fingerprint density at radius 1 is 1.27 bits per heavy atom. The minimum atomic E-state index is -0.180. The smallest absolute Gasteiger partial charge is 0.153 e. The van der Waals surface area contributed by atoms with Crippen molar-refractivity contribution in [3.8, 4) is 0 Å². The number of hydrogen-bond donors (Lipinski definition) is 3. The summed E-state index contributed by atoms with van der Waals surface area (Å²) in [4.78, 5) is 16.6. The highest BCUT2D eigenvalue weighted by Crippen LogP contribution is 2.48. The van der Waals surface area contributed by atoms with Gasteiger partial charge in [0, 0.05) is 30.2 Å². The number of aryl methyl sites for hydroxylation is 1. The molecule has 0 unspecified atom stereocenters. The topological polar surface area (TPSA) is 123 Å². The Morgan fingerprint density at radius 2 is 2.03 bits per heavy atom. The molecule has 0 radical (unpaired) electrons. The number of nitrogens with two attached hydrogens (primary N) is 2. The van der Waals surface area contributed by atoms with Crippen molar-refractivity contribution in [2.24, 2.45) is 11.1 Å². The highest BCUT2D eigenvalue weighted by Gasteiger charge is 2.48. The molecule has 1 aliphatic heterocycles. The Balaban J connectivity index is 1.30. The molecule has 2 saturated carbocycles. The molecule has 2 aromatic rings. The number of halogens is 1. The van der Waals surface area contributed by atoms with Gasteiger partial charge in [-0.2, -0.15) is 0 Å². The van der Waals surface area contributed by atoms with Crippen LogP contribution < -0.4 is 16.4 Å². The molecule has 1 spiro atoms. The average Bonchev–Trinajstić information content (AvgIpc) is 3.57. The van der Waals surface area contributed by atoms with Gasteiger partial charge in [-0.3, -0.25) is 0 Å². The highest BCUT2D eigenvalue weighted by atomic mass is 35.5. The maximum Gasteiger partial charge on any atom is 0.153 e. The zero-order valence-electron chi connectivity index (χ0n) is 18.8. The fourth-order valence-corrected chi connectivity index (χ4v) is 6.25. The zero-order valence-corrected chi connectivity index (χ0v) is 20.4. The zero-order chi connectivity index (χ0) is 23.2. The van der Waals surface area contributed by atoms with E-state index in [1.807, 2.05) is 6.92 Å². The van der Waals surface area contributed by atoms with E-state index in [4.69, 9.17) is 37.8 Å². The van der Waals surface area contributed by atoms with E-state index in [-0.39, 0.29) is 23.9 Å². The van der Waals surface area contributed by atoms with Crippen LogP contribution in [0.5, 0.6) is 0 Å². The van der Waals surface area contributed by atoms with Crippen LogP contribution in [0.15, 0.2) is 22.2 Å². The van der Waals surface area contributed by atoms with Gasteiger partial charge in [-0.1, -0.05) is 23.4 Å². The van der Waals surface area contributed by atoms with Gasteiger partial charge in [0.2, 0.25) is 0 Å². The quantitative estimate of drug-likeness (QED) is 0.559. The van der Waals surface area contributed by atoms with E-state index >= 15 is 0 Å². The van der Waals surface area contributed by atoms with E-state index < -0.39 is 0 Å². The minimum absolute atomic E-state index is 0.145. The van der Waals surface area contributed by atoms with E-state index in [1.165, 1.54) is 24.6 Å². The van der Waals surface area contributed by atoms with Crippen LogP contribution in [0.2, 0.25) is 5.02 Å². The first-order chi connectivity index (χ1) is 15.9. The number of rotatable bonds is 6. The van der Waals surface area contributed by atoms with Gasteiger partial charge in [0.25, 0.3) is 0 Å². The molecule has 5 rings (SSSR count). The Morgan fingerprint density at radius 3 is 2.73 bits per heavy atom. The summed E-state index contributed by atoms with van der Waals surface area (Å²) in [5, 5.41) is 11.2. The Labute approximate surface area is 203 Å². The molecule has 8 nitrogen and oxygen atoms in total. The number of anilines is 2. The number of nitrogens with zero attached hydrogens (tertiary/aromatic N) is 4. The number of aromatic nitrogens is 3. The van der Waals surface area contributed by atoms with Gasteiger partial charge in [0.15, 0.2) is 5.82 Å². The Hall–Kier alpha value is -1.65. The van der Waals surface area contributed by atoms with Crippen LogP contribution in [0.3, 0.4) is 0 Å². The molecular formula is C23H31ClN6O2S. The lowest BCUT2D eigenvalue weighted by atomic mass is 9.74. The van der Waals surface area contributed by atoms with Crippen LogP contribution in [-0.2, 0) is 11.3 Å². The summed E-state index contributed by atoms with van der Waals surface area (Å²) < 4.78 is 6.19. The van der Waals surface area contributed by atoms with E-state index in [9.17, 15) is 5.11 Å². The normalized spacial score (nSPS) is 24.5. The minimum Gasteiger partial charge on any atom is -0.390 e. The molecule has 0 bridgehead atoms. The molecule has 2 aromatic heterocycles. The summed E-state index contributed by atoms with van der Waals surface area (Å²) in [6.07, 6.45) is 8.82. The summed E-state index contributed by atoms with van der Waals surface area (Å²) in [6, 6.07) is 1.98. The molecule has 33 heavy (non-hydrogen) atoms. The van der Waals surface area contributed by atoms with E-state index in [0.29, 0.717) is 28.0 Å². The van der Waals surface area contributed by atoms with E-state index in [1.54, 1.807) is 12.3 Å². The van der Waals surface area contributed by atoms with Crippen molar-refractivity contribution in [2.45, 2.75) is 80.2 Å². The molecule has 2 atom stereocenters. The lowest BCUT2D eigenvalue weighted by Crippen LogP contribution is -2.47. The van der Waals surface area contributed by atoms with Crippen LogP contribution in [0.1, 0.15) is 49.9 Å². The number of aliphatic hydroxyl groups excluding tert-OH is 1. The second-order valence-electron chi connectivity index (χ2n) is 9.51. The van der Waals surface area contributed by atoms with Gasteiger partial charge in [-0.05, 0) is 56.9 Å². The van der Waals surface area contributed by atoms with Crippen LogP contribution >= 0.6 is 23.4 Å². The summed E-state index contributed by atoms with van der Waals surface area (Å²) in [6.45, 7) is 3.45. The molecule has 10 heteroatoms. The van der Waals surface area contributed by atoms with E-state index in [2.05, 4.69) is 9.88 Å². The summed E-state index contributed by atoms with van der Waals surface area (Å²) in [5.41, 5.74) is 13.9. The van der Waals surface area contributed by atoms with Gasteiger partial charge in [0.05, 0.1) is 29.5 Å². The number of hydrogen-bond acceptors (Lipinski definition) is 9. The largest absolute Gasteiger partial charge is 0.390 e. The van der Waals surface area contributed by atoms with Crippen molar-refractivity contribution in [3.63, 3.8) is 0 Å². The predicted molar refractivity (Wildman–Crippen MR) is 129 cm³/mol. The molecule has 2 aliphatic carbocycles. The summed E-state index contributed by atoms with van der Waals surface area (Å²) in [7, 11) is 0. The fraction of sp³-hybridized carbons (Fsp3) is 0.609. The highest BCUT2D eigenvalue weighted by molar-refractivity contribution is 7.99. The average molecular weight is 491 g/mol. The van der Waals surface area contributed by atoms with Crippen molar-refractivity contribution in [3.05, 3.63) is 28.7 Å². The number of ether oxygens (including phenoxy) is 1. The van der Waals surface area contributed by atoms with Crippen LogP contribution in [-0.4, -0.2) is 51.4 Å². The second kappa shape index (κ2) is 9.19. The number of piperidine rings is 1. The van der Waals surface area contributed by atoms with Crippen LogP contribution in [0, 0.1) is 12.3 Å². The molecule has 0 amide bonds. The predicted octanol–water partition coefficient (Wildman–Crippen LogP) is 3.31. The first-order valence-corrected chi connectivity index (χ1v) is 12.8. The standard InChI is InChI=1S/C23H31ClN6O2S/c1-13-22(33-17-4-7-27-20(26)19(17)24)29-16(12-31)21(28-13)30-8-5-23(6-9-30)11-15(10-18(23)25)32-14-2-3-14/h4,7,14-15,18,31H,2-3,5-6,8-12,25H2,1H3,(H2,26,27)/t15-,18+/m0/s1. The second-order valence-corrected chi connectivity index (χ2v) is 10.9. The molecule has 1 saturated heterocycles. The SMILES string of the molecule is Cc1nc(N2CCC3(CC2)C[C@@H](OC2CC2)C[C@H]3N)c(CO)nc1Sc1ccnc(N)c1Cl. The maximum absolute atomic E-state index is 10.1. The molecular weight excluding hydrogens is 460 g/mol. The van der Waals surface area contributed by atoms with Crippen molar-refractivity contribution in [1.82, 2.24) is 15.0 Å². The fourth-order valence-electron chi connectivity index (χ4n) is 5.15. The Kier molecular flexibility index (Phi) is 6.43. The van der Waals surface area contributed by atoms with Crippen LogP contribution in [0.25, 0.3) is 0 Å². The van der Waals surface area contributed by atoms with Crippen molar-refractivity contribution in [1.29, 1.82) is 0 Å². The lowest BCUT2D eigenvalue weighted by Gasteiger charge is -2.42. The first kappa shape index (κ1) is 23.1. The summed E-state index contributed by atoms with van der Waals surface area (Å²) in [5.74, 6) is 1.04. The maximum atomic E-state index is 10.1. The first-order valence-electron chi connectivity index (χ1n) is 11.6. The Bertz CT molecular complexity index is 1030. The third kappa shape index (κ3) is 4.66. The summed E-state index contributed by atoms with van der Waals surface area (Å²) >= 11 is 7.68. The van der Waals surface area contributed by atoms with Crippen LogP contribution in [0.4, 0.5) is 11.6 Å². The molecule has 178 valence electrons. The van der Waals surface area contributed by atoms with Crippen molar-refractivity contribution in [2.75, 3.05) is 23.7 Å². The van der Waals surface area contributed by atoms with Gasteiger partial charge < -0.3 is 26.2 Å². The molecule has 3 aliphatic rings. The molecule has 0 aromatic carbocycles.